The van der Waals surface area contributed by atoms with Gasteiger partial charge in [-0.05, 0) is 34.9 Å². The van der Waals surface area contributed by atoms with Gasteiger partial charge in [0.1, 0.15) is 0 Å². The summed E-state index contributed by atoms with van der Waals surface area (Å²) in [6, 6.07) is 0. The van der Waals surface area contributed by atoms with Crippen LogP contribution in [0.1, 0.15) is 20.8 Å². The zero-order valence-electron chi connectivity index (χ0n) is 11.3. The van der Waals surface area contributed by atoms with Gasteiger partial charge in [-0.15, -0.1) is 0 Å². The average Bonchev–Trinajstić information content (AvgIpc) is 2.14. The lowest BCUT2D eigenvalue weighted by Crippen LogP contribution is -2.56. The van der Waals surface area contributed by atoms with Crippen LogP contribution in [0.5, 0.6) is 0 Å². The summed E-state index contributed by atoms with van der Waals surface area (Å²) in [5.41, 5.74) is 0.100. The molecule has 16 heavy (non-hydrogen) atoms. The van der Waals surface area contributed by atoms with Gasteiger partial charge in [-0.25, -0.2) is 0 Å². The molecule has 0 aromatic heterocycles. The van der Waals surface area contributed by atoms with E-state index in [2.05, 4.69) is 30.6 Å². The van der Waals surface area contributed by atoms with Crippen LogP contribution in [0.25, 0.3) is 0 Å². The number of piperazine rings is 1. The van der Waals surface area contributed by atoms with Gasteiger partial charge in [-0.2, -0.15) is 0 Å². The van der Waals surface area contributed by atoms with E-state index >= 15 is 0 Å². The number of hydrogen-bond acceptors (Lipinski definition) is 3. The van der Waals surface area contributed by atoms with E-state index in [1.54, 1.807) is 0 Å². The summed E-state index contributed by atoms with van der Waals surface area (Å²) in [7, 11) is 4.08. The lowest BCUT2D eigenvalue weighted by molar-refractivity contribution is -0.138. The second kappa shape index (κ2) is 5.15. The maximum absolute atomic E-state index is 11.9. The predicted molar refractivity (Wildman–Crippen MR) is 66.5 cm³/mol. The fourth-order valence-corrected chi connectivity index (χ4v) is 1.84. The minimum atomic E-state index is 0.100. The quantitative estimate of drug-likeness (QED) is 0.702. The molecule has 1 amide bonds. The first kappa shape index (κ1) is 13.5. The van der Waals surface area contributed by atoms with E-state index in [-0.39, 0.29) is 11.4 Å². The Labute approximate surface area is 99.2 Å². The van der Waals surface area contributed by atoms with Crippen molar-refractivity contribution in [3.8, 4) is 0 Å². The Balaban J connectivity index is 2.44. The Kier molecular flexibility index (Phi) is 4.33. The molecule has 0 spiro atoms. The Morgan fingerprint density at radius 2 is 1.88 bits per heavy atom. The zero-order valence-corrected chi connectivity index (χ0v) is 11.3. The number of carbonyl (C=O) groups excluding carboxylic acids is 1. The highest BCUT2D eigenvalue weighted by Gasteiger charge is 2.30. The van der Waals surface area contributed by atoms with E-state index in [9.17, 15) is 4.79 Å². The van der Waals surface area contributed by atoms with Gasteiger partial charge in [0.05, 0.1) is 6.54 Å². The molecule has 0 radical (unpaired) electrons. The number of nitrogens with zero attached hydrogens (tertiary/aromatic N) is 3. The van der Waals surface area contributed by atoms with Gasteiger partial charge in [0.2, 0.25) is 5.91 Å². The summed E-state index contributed by atoms with van der Waals surface area (Å²) < 4.78 is 0. The minimum Gasteiger partial charge on any atom is -0.339 e. The highest BCUT2D eigenvalue weighted by molar-refractivity contribution is 5.79. The van der Waals surface area contributed by atoms with E-state index in [4.69, 9.17) is 0 Å². The summed E-state index contributed by atoms with van der Waals surface area (Å²) in [6.07, 6.45) is 0. The van der Waals surface area contributed by atoms with Crippen molar-refractivity contribution in [1.82, 2.24) is 14.7 Å². The molecule has 0 aromatic rings. The minimum absolute atomic E-state index is 0.100. The molecule has 0 aliphatic carbocycles. The van der Waals surface area contributed by atoms with Crippen molar-refractivity contribution in [3.63, 3.8) is 0 Å². The fourth-order valence-electron chi connectivity index (χ4n) is 1.84. The molecule has 1 saturated heterocycles. The van der Waals surface area contributed by atoms with Crippen molar-refractivity contribution in [2.45, 2.75) is 26.3 Å². The van der Waals surface area contributed by atoms with E-state index in [1.165, 1.54) is 0 Å². The molecule has 0 N–H and O–H groups in total. The number of rotatable bonds is 3. The van der Waals surface area contributed by atoms with Crippen LogP contribution < -0.4 is 0 Å². The molecule has 0 saturated carbocycles. The standard InChI is InChI=1S/C12H25N3O/c1-12(2,3)15-9-8-14(11(16)10-15)7-6-13(4)5/h6-10H2,1-5H3. The maximum Gasteiger partial charge on any atom is 0.236 e. The van der Waals surface area contributed by atoms with Gasteiger partial charge in [0.15, 0.2) is 0 Å². The second-order valence-corrected chi connectivity index (χ2v) is 5.78. The van der Waals surface area contributed by atoms with Gasteiger partial charge in [0, 0.05) is 31.7 Å². The molecule has 1 heterocycles. The first-order chi connectivity index (χ1) is 7.30. The van der Waals surface area contributed by atoms with Crippen molar-refractivity contribution in [2.75, 3.05) is 46.8 Å². The van der Waals surface area contributed by atoms with E-state index < -0.39 is 0 Å². The van der Waals surface area contributed by atoms with Crippen LogP contribution in [0.4, 0.5) is 0 Å². The summed E-state index contributed by atoms with van der Waals surface area (Å²) in [5, 5.41) is 0. The van der Waals surface area contributed by atoms with Gasteiger partial charge < -0.3 is 9.80 Å². The molecule has 0 bridgehead atoms. The first-order valence-electron chi connectivity index (χ1n) is 5.98. The zero-order chi connectivity index (χ0) is 12.3. The molecule has 4 nitrogen and oxygen atoms in total. The fraction of sp³-hybridized carbons (Fsp3) is 0.917. The predicted octanol–water partition coefficient (Wildman–Crippen LogP) is 0.491. The van der Waals surface area contributed by atoms with Gasteiger partial charge in [-0.3, -0.25) is 9.69 Å². The third-order valence-corrected chi connectivity index (χ3v) is 3.08. The SMILES string of the molecule is CN(C)CCN1CCN(C(C)(C)C)CC1=O. The summed E-state index contributed by atoms with van der Waals surface area (Å²) in [5.74, 6) is 0.267. The van der Waals surface area contributed by atoms with Crippen LogP contribution in [-0.4, -0.2) is 73.0 Å². The average molecular weight is 227 g/mol. The molecule has 1 rings (SSSR count). The highest BCUT2D eigenvalue weighted by atomic mass is 16.2. The Morgan fingerprint density at radius 3 is 2.31 bits per heavy atom. The number of amides is 1. The van der Waals surface area contributed by atoms with Crippen molar-refractivity contribution in [3.05, 3.63) is 0 Å². The van der Waals surface area contributed by atoms with E-state index in [0.717, 1.165) is 26.2 Å². The number of hydrogen-bond donors (Lipinski definition) is 0. The smallest absolute Gasteiger partial charge is 0.236 e. The highest BCUT2D eigenvalue weighted by Crippen LogP contribution is 2.16. The molecule has 0 aromatic carbocycles. The molecule has 94 valence electrons. The van der Waals surface area contributed by atoms with Gasteiger partial charge >= 0.3 is 0 Å². The van der Waals surface area contributed by atoms with Crippen LogP contribution in [-0.2, 0) is 4.79 Å². The van der Waals surface area contributed by atoms with Crippen molar-refractivity contribution >= 4 is 5.91 Å². The molecule has 0 unspecified atom stereocenters. The molecular formula is C12H25N3O. The molecule has 4 heteroatoms. The van der Waals surface area contributed by atoms with E-state index in [1.807, 2.05) is 19.0 Å². The lowest BCUT2D eigenvalue weighted by Gasteiger charge is -2.41. The third kappa shape index (κ3) is 3.76. The van der Waals surface area contributed by atoms with Gasteiger partial charge in [0.25, 0.3) is 0 Å². The Morgan fingerprint density at radius 1 is 1.25 bits per heavy atom. The maximum atomic E-state index is 11.9. The van der Waals surface area contributed by atoms with Crippen molar-refractivity contribution in [2.24, 2.45) is 0 Å². The Bertz CT molecular complexity index is 245. The summed E-state index contributed by atoms with van der Waals surface area (Å²) >= 11 is 0. The van der Waals surface area contributed by atoms with Crippen LogP contribution in [0.2, 0.25) is 0 Å². The Hall–Kier alpha value is -0.610. The topological polar surface area (TPSA) is 26.8 Å². The first-order valence-corrected chi connectivity index (χ1v) is 5.98. The second-order valence-electron chi connectivity index (χ2n) is 5.78. The van der Waals surface area contributed by atoms with Crippen LogP contribution in [0.3, 0.4) is 0 Å². The van der Waals surface area contributed by atoms with Crippen molar-refractivity contribution < 1.29 is 4.79 Å². The lowest BCUT2D eigenvalue weighted by atomic mass is 10.0. The number of likely N-dealkylation sites (N-methyl/N-ethyl adjacent to an activating group) is 1. The summed E-state index contributed by atoms with van der Waals surface area (Å²) in [6.45, 7) is 10.7. The van der Waals surface area contributed by atoms with E-state index in [0.29, 0.717) is 6.54 Å². The van der Waals surface area contributed by atoms with Crippen LogP contribution in [0.15, 0.2) is 0 Å². The summed E-state index contributed by atoms with van der Waals surface area (Å²) in [4.78, 5) is 18.3. The molecule has 0 atom stereocenters. The van der Waals surface area contributed by atoms with Crippen LogP contribution >= 0.6 is 0 Å². The monoisotopic (exact) mass is 227 g/mol. The molecular weight excluding hydrogens is 202 g/mol. The molecule has 1 fully saturated rings. The number of carbonyl (C=O) groups is 1. The van der Waals surface area contributed by atoms with Crippen molar-refractivity contribution in [1.29, 1.82) is 0 Å². The molecule has 1 aliphatic rings. The third-order valence-electron chi connectivity index (χ3n) is 3.08. The normalized spacial score (nSPS) is 19.6. The largest absolute Gasteiger partial charge is 0.339 e. The van der Waals surface area contributed by atoms with Crippen LogP contribution in [0, 0.1) is 0 Å². The van der Waals surface area contributed by atoms with Gasteiger partial charge in [-0.1, -0.05) is 0 Å². The molecule has 1 aliphatic heterocycles.